The van der Waals surface area contributed by atoms with Gasteiger partial charge in [0.2, 0.25) is 5.91 Å². The van der Waals surface area contributed by atoms with E-state index in [9.17, 15) is 9.59 Å². The number of anilines is 1. The minimum Gasteiger partial charge on any atom is -0.376 e. The lowest BCUT2D eigenvalue weighted by molar-refractivity contribution is -0.130. The van der Waals surface area contributed by atoms with Crippen LogP contribution in [0.2, 0.25) is 0 Å². The second-order valence-corrected chi connectivity index (χ2v) is 6.66. The molecule has 136 valence electrons. The lowest BCUT2D eigenvalue weighted by atomic mass is 10.1. The molecule has 0 unspecified atom stereocenters. The highest BCUT2D eigenvalue weighted by molar-refractivity contribution is 5.94. The van der Waals surface area contributed by atoms with Gasteiger partial charge in [0, 0.05) is 37.4 Å². The van der Waals surface area contributed by atoms with Crippen LogP contribution in [0.15, 0.2) is 48.5 Å². The van der Waals surface area contributed by atoms with Crippen molar-refractivity contribution >= 4 is 17.5 Å². The van der Waals surface area contributed by atoms with Gasteiger partial charge in [0.15, 0.2) is 0 Å². The average Bonchev–Trinajstić information content (AvgIpc) is 2.67. The first-order valence-corrected chi connectivity index (χ1v) is 8.98. The Morgan fingerprint density at radius 3 is 2.04 bits per heavy atom. The summed E-state index contributed by atoms with van der Waals surface area (Å²) in [5, 5.41) is 3.27. The molecule has 3 rings (SSSR count). The normalized spacial score (nSPS) is 14.2. The van der Waals surface area contributed by atoms with Crippen LogP contribution in [-0.2, 0) is 4.79 Å². The van der Waals surface area contributed by atoms with E-state index in [4.69, 9.17) is 0 Å². The van der Waals surface area contributed by atoms with E-state index < -0.39 is 0 Å². The van der Waals surface area contributed by atoms with Crippen LogP contribution in [0.25, 0.3) is 0 Å². The Hall–Kier alpha value is -2.82. The Morgan fingerprint density at radius 2 is 1.42 bits per heavy atom. The molecular weight excluding hydrogens is 326 g/mol. The molecule has 0 saturated carbocycles. The predicted molar refractivity (Wildman–Crippen MR) is 103 cm³/mol. The lowest BCUT2D eigenvalue weighted by Crippen LogP contribution is -2.51. The summed E-state index contributed by atoms with van der Waals surface area (Å²) in [6, 6.07) is 15.4. The molecule has 0 atom stereocenters. The van der Waals surface area contributed by atoms with Gasteiger partial charge in [0.25, 0.3) is 5.91 Å². The molecule has 2 aromatic carbocycles. The monoisotopic (exact) mass is 351 g/mol. The predicted octanol–water partition coefficient (Wildman–Crippen LogP) is 2.70. The highest BCUT2D eigenvalue weighted by atomic mass is 16.2. The van der Waals surface area contributed by atoms with Crippen LogP contribution in [0.5, 0.6) is 0 Å². The first kappa shape index (κ1) is 18.0. The van der Waals surface area contributed by atoms with Crippen molar-refractivity contribution in [2.24, 2.45) is 0 Å². The first-order chi connectivity index (χ1) is 12.6. The van der Waals surface area contributed by atoms with Crippen molar-refractivity contribution in [1.29, 1.82) is 0 Å². The minimum absolute atomic E-state index is 0.0337. The highest BCUT2D eigenvalue weighted by Gasteiger charge is 2.24. The number of carbonyl (C=O) groups excluding carboxylic acids is 2. The Balaban J connectivity index is 1.51. The molecule has 1 aliphatic heterocycles. The maximum absolute atomic E-state index is 12.5. The Bertz CT molecular complexity index is 761. The van der Waals surface area contributed by atoms with Gasteiger partial charge in [0.1, 0.15) is 0 Å². The highest BCUT2D eigenvalue weighted by Crippen LogP contribution is 2.19. The van der Waals surface area contributed by atoms with Gasteiger partial charge >= 0.3 is 0 Å². The molecule has 1 fully saturated rings. The van der Waals surface area contributed by atoms with Crippen molar-refractivity contribution in [2.75, 3.05) is 38.0 Å². The number of amides is 2. The number of piperazine rings is 1. The van der Waals surface area contributed by atoms with Crippen LogP contribution in [0.3, 0.4) is 0 Å². The van der Waals surface area contributed by atoms with Crippen molar-refractivity contribution < 1.29 is 9.59 Å². The number of nitrogens with one attached hydrogen (secondary N) is 1. The Labute approximate surface area is 154 Å². The first-order valence-electron chi connectivity index (χ1n) is 8.98. The summed E-state index contributed by atoms with van der Waals surface area (Å²) in [6.07, 6.45) is 0. The van der Waals surface area contributed by atoms with Crippen molar-refractivity contribution in [3.63, 3.8) is 0 Å². The van der Waals surface area contributed by atoms with Gasteiger partial charge in [0.05, 0.1) is 6.54 Å². The van der Waals surface area contributed by atoms with Crippen LogP contribution in [0.1, 0.15) is 21.5 Å². The molecule has 2 aromatic rings. The third kappa shape index (κ3) is 4.04. The van der Waals surface area contributed by atoms with Gasteiger partial charge in [-0.25, -0.2) is 0 Å². The number of nitrogens with zero attached hydrogens (tertiary/aromatic N) is 2. The van der Waals surface area contributed by atoms with Crippen LogP contribution < -0.4 is 5.32 Å². The summed E-state index contributed by atoms with van der Waals surface area (Å²) in [5.74, 6) is 0.103. The second kappa shape index (κ2) is 8.04. The number of carbonyl (C=O) groups is 2. The molecule has 5 heteroatoms. The Morgan fingerprint density at radius 1 is 0.846 bits per heavy atom. The van der Waals surface area contributed by atoms with Crippen LogP contribution in [0.4, 0.5) is 5.69 Å². The van der Waals surface area contributed by atoms with Gasteiger partial charge in [-0.05, 0) is 37.1 Å². The molecule has 0 aliphatic carbocycles. The topological polar surface area (TPSA) is 52.7 Å². The summed E-state index contributed by atoms with van der Waals surface area (Å²) in [6.45, 7) is 6.64. The number of benzene rings is 2. The molecule has 1 saturated heterocycles. The maximum atomic E-state index is 12.5. The van der Waals surface area contributed by atoms with Crippen molar-refractivity contribution in [1.82, 2.24) is 9.80 Å². The summed E-state index contributed by atoms with van der Waals surface area (Å²) in [7, 11) is 0. The smallest absolute Gasteiger partial charge is 0.253 e. The standard InChI is InChI=1S/C21H25N3O2/c1-16-7-6-8-17(2)20(16)22-15-19(25)23-11-13-24(14-12-23)21(26)18-9-4-3-5-10-18/h3-10,22H,11-15H2,1-2H3. The van der Waals surface area contributed by atoms with Crippen LogP contribution in [0, 0.1) is 13.8 Å². The van der Waals surface area contributed by atoms with Crippen LogP contribution >= 0.6 is 0 Å². The summed E-state index contributed by atoms with van der Waals surface area (Å²) >= 11 is 0. The largest absolute Gasteiger partial charge is 0.376 e. The van der Waals surface area contributed by atoms with Gasteiger partial charge < -0.3 is 15.1 Å². The van der Waals surface area contributed by atoms with E-state index in [1.165, 1.54) is 0 Å². The number of rotatable bonds is 4. The molecule has 0 spiro atoms. The maximum Gasteiger partial charge on any atom is 0.253 e. The fourth-order valence-electron chi connectivity index (χ4n) is 3.29. The molecular formula is C21H25N3O2. The molecule has 2 amide bonds. The van der Waals surface area contributed by atoms with Crippen molar-refractivity contribution in [3.05, 3.63) is 65.2 Å². The zero-order chi connectivity index (χ0) is 18.5. The van der Waals surface area contributed by atoms with E-state index in [2.05, 4.69) is 5.32 Å². The molecule has 0 radical (unpaired) electrons. The van der Waals surface area contributed by atoms with Crippen LogP contribution in [-0.4, -0.2) is 54.3 Å². The molecule has 1 N–H and O–H groups in total. The van der Waals surface area contributed by atoms with Gasteiger partial charge in [-0.15, -0.1) is 0 Å². The fraction of sp³-hybridized carbons (Fsp3) is 0.333. The summed E-state index contributed by atoms with van der Waals surface area (Å²) < 4.78 is 0. The van der Waals surface area contributed by atoms with Crippen molar-refractivity contribution in [2.45, 2.75) is 13.8 Å². The molecule has 1 aliphatic rings. The number of hydrogen-bond donors (Lipinski definition) is 1. The van der Waals surface area contributed by atoms with Crippen molar-refractivity contribution in [3.8, 4) is 0 Å². The SMILES string of the molecule is Cc1cccc(C)c1NCC(=O)N1CCN(C(=O)c2ccccc2)CC1. The Kier molecular flexibility index (Phi) is 5.56. The lowest BCUT2D eigenvalue weighted by Gasteiger charge is -2.35. The molecule has 0 bridgehead atoms. The molecule has 1 heterocycles. The van der Waals surface area contributed by atoms with Gasteiger partial charge in [-0.3, -0.25) is 9.59 Å². The minimum atomic E-state index is 0.0337. The number of para-hydroxylation sites is 1. The van der Waals surface area contributed by atoms with E-state index in [0.717, 1.165) is 16.8 Å². The summed E-state index contributed by atoms with van der Waals surface area (Å²) in [4.78, 5) is 28.6. The number of aryl methyl sites for hydroxylation is 2. The molecule has 26 heavy (non-hydrogen) atoms. The van der Waals surface area contributed by atoms with Gasteiger partial charge in [-0.2, -0.15) is 0 Å². The third-order valence-electron chi connectivity index (χ3n) is 4.84. The zero-order valence-corrected chi connectivity index (χ0v) is 15.4. The fourth-order valence-corrected chi connectivity index (χ4v) is 3.29. The van der Waals surface area contributed by atoms with E-state index in [1.807, 2.05) is 72.2 Å². The van der Waals surface area contributed by atoms with E-state index in [-0.39, 0.29) is 18.4 Å². The summed E-state index contributed by atoms with van der Waals surface area (Å²) in [5.41, 5.74) is 4.00. The average molecular weight is 351 g/mol. The van der Waals surface area contributed by atoms with E-state index >= 15 is 0 Å². The van der Waals surface area contributed by atoms with E-state index in [0.29, 0.717) is 31.7 Å². The number of hydrogen-bond acceptors (Lipinski definition) is 3. The quantitative estimate of drug-likeness (QED) is 0.921. The molecule has 5 nitrogen and oxygen atoms in total. The molecule has 0 aromatic heterocycles. The zero-order valence-electron chi connectivity index (χ0n) is 15.4. The second-order valence-electron chi connectivity index (χ2n) is 6.66. The third-order valence-corrected chi connectivity index (χ3v) is 4.84. The van der Waals surface area contributed by atoms with E-state index in [1.54, 1.807) is 0 Å². The van der Waals surface area contributed by atoms with Gasteiger partial charge in [-0.1, -0.05) is 36.4 Å².